The Kier molecular flexibility index (Phi) is 3.94. The van der Waals surface area contributed by atoms with Crippen LogP contribution in [0.1, 0.15) is 39.2 Å². The number of hydrogen-bond acceptors (Lipinski definition) is 3. The molecule has 0 amide bonds. The molecule has 1 aliphatic heterocycles. The van der Waals surface area contributed by atoms with Crippen LogP contribution in [0, 0.1) is 11.8 Å². The molecule has 0 N–H and O–H groups in total. The molecule has 0 fully saturated rings. The van der Waals surface area contributed by atoms with Crippen LogP contribution in [0.4, 0.5) is 0 Å². The van der Waals surface area contributed by atoms with Crippen LogP contribution < -0.4 is 9.47 Å². The quantitative estimate of drug-likeness (QED) is 0.773. The molecule has 0 spiro atoms. The van der Waals surface area contributed by atoms with Gasteiger partial charge in [-0.05, 0) is 49.3 Å². The predicted octanol–water partition coefficient (Wildman–Crippen LogP) is 4.31. The molecular formula is C18H24O3. The van der Waals surface area contributed by atoms with Gasteiger partial charge in [0.2, 0.25) is 6.79 Å². The number of benzene rings is 1. The van der Waals surface area contributed by atoms with Crippen molar-refractivity contribution in [3.63, 3.8) is 0 Å². The number of ether oxygens (including phenoxy) is 3. The summed E-state index contributed by atoms with van der Waals surface area (Å²) < 4.78 is 16.9. The van der Waals surface area contributed by atoms with Crippen LogP contribution in [0.25, 0.3) is 0 Å². The van der Waals surface area contributed by atoms with Crippen molar-refractivity contribution in [2.24, 2.45) is 11.8 Å². The summed E-state index contributed by atoms with van der Waals surface area (Å²) in [5.41, 5.74) is 0.974. The first-order chi connectivity index (χ1) is 10.1. The smallest absolute Gasteiger partial charge is 0.231 e. The van der Waals surface area contributed by atoms with Crippen molar-refractivity contribution in [3.05, 3.63) is 35.9 Å². The predicted molar refractivity (Wildman–Crippen MR) is 82.5 cm³/mol. The van der Waals surface area contributed by atoms with E-state index in [1.165, 1.54) is 6.42 Å². The van der Waals surface area contributed by atoms with Gasteiger partial charge in [-0.1, -0.05) is 32.1 Å². The first kappa shape index (κ1) is 14.5. The van der Waals surface area contributed by atoms with E-state index in [4.69, 9.17) is 14.2 Å². The molecule has 3 heteroatoms. The van der Waals surface area contributed by atoms with Crippen molar-refractivity contribution in [1.29, 1.82) is 0 Å². The summed E-state index contributed by atoms with van der Waals surface area (Å²) in [5.74, 6) is 3.04. The van der Waals surface area contributed by atoms with Crippen LogP contribution in [-0.4, -0.2) is 12.4 Å². The van der Waals surface area contributed by atoms with Gasteiger partial charge in [-0.2, -0.15) is 0 Å². The first-order valence-corrected chi connectivity index (χ1v) is 7.78. The van der Waals surface area contributed by atoms with Gasteiger partial charge >= 0.3 is 0 Å². The highest BCUT2D eigenvalue weighted by Crippen LogP contribution is 2.35. The average Bonchev–Trinajstić information content (AvgIpc) is 2.93. The second-order valence-corrected chi connectivity index (χ2v) is 6.59. The second kappa shape index (κ2) is 5.72. The molecule has 1 aromatic rings. The van der Waals surface area contributed by atoms with Crippen molar-refractivity contribution >= 4 is 0 Å². The van der Waals surface area contributed by atoms with Gasteiger partial charge in [-0.25, -0.2) is 0 Å². The molecule has 1 heterocycles. The fourth-order valence-corrected chi connectivity index (χ4v) is 2.91. The maximum absolute atomic E-state index is 6.16. The molecule has 2 unspecified atom stereocenters. The van der Waals surface area contributed by atoms with Crippen molar-refractivity contribution in [3.8, 4) is 11.5 Å². The molecule has 0 saturated heterocycles. The summed E-state index contributed by atoms with van der Waals surface area (Å²) in [5, 5.41) is 0. The second-order valence-electron chi connectivity index (χ2n) is 6.59. The van der Waals surface area contributed by atoms with Crippen molar-refractivity contribution < 1.29 is 14.2 Å². The van der Waals surface area contributed by atoms with Gasteiger partial charge in [0.05, 0.1) is 12.2 Å². The van der Waals surface area contributed by atoms with Crippen LogP contribution >= 0.6 is 0 Å². The van der Waals surface area contributed by atoms with Crippen LogP contribution in [-0.2, 0) is 11.3 Å². The minimum absolute atomic E-state index is 0.151. The van der Waals surface area contributed by atoms with Gasteiger partial charge in [0.15, 0.2) is 11.5 Å². The molecule has 0 radical (unpaired) electrons. The third-order valence-electron chi connectivity index (χ3n) is 4.53. The molecule has 1 aliphatic carbocycles. The van der Waals surface area contributed by atoms with Crippen molar-refractivity contribution in [1.82, 2.24) is 0 Å². The van der Waals surface area contributed by atoms with E-state index >= 15 is 0 Å². The molecule has 0 aromatic heterocycles. The summed E-state index contributed by atoms with van der Waals surface area (Å²) in [7, 11) is 0. The van der Waals surface area contributed by atoms with Crippen LogP contribution in [0.15, 0.2) is 30.4 Å². The normalized spacial score (nSPS) is 27.3. The van der Waals surface area contributed by atoms with Gasteiger partial charge in [-0.3, -0.25) is 0 Å². The zero-order valence-electron chi connectivity index (χ0n) is 13.1. The third-order valence-corrected chi connectivity index (χ3v) is 4.53. The molecule has 114 valence electrons. The lowest BCUT2D eigenvalue weighted by Crippen LogP contribution is -2.30. The van der Waals surface area contributed by atoms with E-state index in [-0.39, 0.29) is 5.60 Å². The Bertz CT molecular complexity index is 535. The highest BCUT2D eigenvalue weighted by Gasteiger charge is 2.28. The van der Waals surface area contributed by atoms with E-state index in [9.17, 15) is 0 Å². The highest BCUT2D eigenvalue weighted by atomic mass is 16.7. The monoisotopic (exact) mass is 288 g/mol. The Hall–Kier alpha value is -1.48. The summed E-state index contributed by atoms with van der Waals surface area (Å²) >= 11 is 0. The third kappa shape index (κ3) is 3.24. The van der Waals surface area contributed by atoms with Crippen molar-refractivity contribution in [2.75, 3.05) is 6.79 Å². The lowest BCUT2D eigenvalue weighted by molar-refractivity contribution is -0.0212. The van der Waals surface area contributed by atoms with Gasteiger partial charge in [0.1, 0.15) is 0 Å². The van der Waals surface area contributed by atoms with Crippen LogP contribution in [0.3, 0.4) is 0 Å². The Morgan fingerprint density at radius 1 is 1.29 bits per heavy atom. The largest absolute Gasteiger partial charge is 0.454 e. The Morgan fingerprint density at radius 2 is 2.10 bits per heavy atom. The van der Waals surface area contributed by atoms with E-state index < -0.39 is 0 Å². The zero-order chi connectivity index (χ0) is 14.9. The first-order valence-electron chi connectivity index (χ1n) is 7.78. The van der Waals surface area contributed by atoms with Gasteiger partial charge in [0.25, 0.3) is 0 Å². The Morgan fingerprint density at radius 3 is 2.81 bits per heavy atom. The Labute approximate surface area is 126 Å². The van der Waals surface area contributed by atoms with E-state index in [2.05, 4.69) is 32.9 Å². The summed E-state index contributed by atoms with van der Waals surface area (Å²) in [6.45, 7) is 7.66. The van der Waals surface area contributed by atoms with E-state index in [0.29, 0.717) is 25.2 Å². The standard InChI is InChI=1S/C18H24O3/c1-13(2)15-6-8-18(3,9-7-15)21-11-14-4-5-16-17(10-14)20-12-19-16/h4-6,8,10,13,15H,7,9,11-12H2,1-3H3. The maximum Gasteiger partial charge on any atom is 0.231 e. The molecule has 2 atom stereocenters. The molecule has 1 aromatic carbocycles. The topological polar surface area (TPSA) is 27.7 Å². The van der Waals surface area contributed by atoms with E-state index in [1.807, 2.05) is 18.2 Å². The maximum atomic E-state index is 6.16. The molecule has 3 rings (SSSR count). The van der Waals surface area contributed by atoms with E-state index in [1.54, 1.807) is 0 Å². The fourth-order valence-electron chi connectivity index (χ4n) is 2.91. The average molecular weight is 288 g/mol. The summed E-state index contributed by atoms with van der Waals surface area (Å²) in [6, 6.07) is 6.00. The SMILES string of the molecule is CC(C)C1C=CC(C)(OCc2ccc3c(c2)OCO3)CC1. The van der Waals surface area contributed by atoms with E-state index in [0.717, 1.165) is 23.5 Å². The minimum atomic E-state index is -0.151. The fraction of sp³-hybridized carbons (Fsp3) is 0.556. The molecule has 3 nitrogen and oxygen atoms in total. The van der Waals surface area contributed by atoms with Gasteiger partial charge in [-0.15, -0.1) is 0 Å². The number of hydrogen-bond donors (Lipinski definition) is 0. The lowest BCUT2D eigenvalue weighted by atomic mass is 9.81. The lowest BCUT2D eigenvalue weighted by Gasteiger charge is -2.33. The number of rotatable bonds is 4. The molecule has 21 heavy (non-hydrogen) atoms. The van der Waals surface area contributed by atoms with Crippen LogP contribution in [0.5, 0.6) is 11.5 Å². The number of allylic oxidation sites excluding steroid dienone is 1. The summed E-state index contributed by atoms with van der Waals surface area (Å²) in [6.07, 6.45) is 6.85. The van der Waals surface area contributed by atoms with Crippen molar-refractivity contribution in [2.45, 2.75) is 45.8 Å². The minimum Gasteiger partial charge on any atom is -0.454 e. The highest BCUT2D eigenvalue weighted by molar-refractivity contribution is 5.44. The molecule has 2 aliphatic rings. The molecular weight excluding hydrogens is 264 g/mol. The summed E-state index contributed by atoms with van der Waals surface area (Å²) in [4.78, 5) is 0. The molecule has 0 bridgehead atoms. The zero-order valence-corrected chi connectivity index (χ0v) is 13.1. The van der Waals surface area contributed by atoms with Crippen LogP contribution in [0.2, 0.25) is 0 Å². The number of fused-ring (bicyclic) bond motifs is 1. The Balaban J connectivity index is 1.61. The van der Waals surface area contributed by atoms with Gasteiger partial charge < -0.3 is 14.2 Å². The van der Waals surface area contributed by atoms with Gasteiger partial charge in [0, 0.05) is 0 Å². The molecule has 0 saturated carbocycles.